The zero-order valence-corrected chi connectivity index (χ0v) is 69.5. The van der Waals surface area contributed by atoms with Gasteiger partial charge in [0, 0.05) is 89.6 Å². The SMILES string of the molecule is CC(=O)O[C@@H]1CC2CC3[C@@H](OC(C)=O)CCC([C@H](C)CCC(=O)N[C@@H](Cc4ccccc4)C(=O)N[C@@H](Cc4ccccc4)C(=O)NC4CCC[C@@](C)(CC4)C4CC[C@@H](OC(C)=O)[C@]5(C)C(C4)C[C@H](OC(C)=O)CC5[C@H](C)CCC(=O)N[C@@H](Cc4ccccc4)C(=O)N[C@@H](Cc4ccccc4)C(=O)NC4CCC[C@@]2(C)CC4)[C@]3(C)C1. The Hall–Kier alpha value is -8.42. The monoisotopic (exact) mass is 1570 g/mol. The van der Waals surface area contributed by atoms with E-state index in [1.54, 1.807) is 0 Å². The minimum atomic E-state index is -1.06. The quantitative estimate of drug-likeness (QED) is 0.0568. The minimum absolute atomic E-state index is 0.0159. The Labute approximate surface area is 676 Å². The molecule has 6 N–H and O–H groups in total. The summed E-state index contributed by atoms with van der Waals surface area (Å²) in [5.41, 5.74) is 1.76. The molecule has 7 aliphatic rings. The molecule has 4 aromatic carbocycles. The van der Waals surface area contributed by atoms with Gasteiger partial charge in [-0.1, -0.05) is 176 Å². The Morgan fingerprint density at radius 3 is 1.22 bits per heavy atom. The zero-order valence-electron chi connectivity index (χ0n) is 69.5. The number of amides is 6. The van der Waals surface area contributed by atoms with Crippen molar-refractivity contribution < 1.29 is 66.9 Å². The molecule has 1 heterocycles. The van der Waals surface area contributed by atoms with Crippen LogP contribution >= 0.6 is 0 Å². The highest BCUT2D eigenvalue weighted by atomic mass is 16.6. The molecule has 20 heteroatoms. The zero-order chi connectivity index (χ0) is 81.5. The van der Waals surface area contributed by atoms with Crippen LogP contribution in [0.5, 0.6) is 0 Å². The lowest BCUT2D eigenvalue weighted by molar-refractivity contribution is -0.178. The Balaban J connectivity index is 0.923. The highest BCUT2D eigenvalue weighted by Crippen LogP contribution is 2.62. The predicted octanol–water partition coefficient (Wildman–Crippen LogP) is 14.0. The van der Waals surface area contributed by atoms with Crippen LogP contribution in [0.1, 0.15) is 246 Å². The first-order valence-electron chi connectivity index (χ1n) is 43.1. The van der Waals surface area contributed by atoms with Crippen LogP contribution in [0.25, 0.3) is 0 Å². The van der Waals surface area contributed by atoms with Crippen molar-refractivity contribution in [3.05, 3.63) is 144 Å². The number of benzene rings is 4. The smallest absolute Gasteiger partial charge is 0.302 e. The van der Waals surface area contributed by atoms with Crippen LogP contribution in [0.4, 0.5) is 0 Å². The average Bonchev–Trinajstić information content (AvgIpc) is 1.43. The Kier molecular flexibility index (Phi) is 29.6. The molecule has 620 valence electrons. The van der Waals surface area contributed by atoms with E-state index >= 15 is 19.2 Å². The van der Waals surface area contributed by atoms with E-state index in [2.05, 4.69) is 73.4 Å². The Bertz CT molecular complexity index is 3940. The standard InChI is InChI=1S/C94H130N6O14/c1-59-35-41-85(105)97-79(49-65-25-15-11-16-26-65)89(109)99-81(51-67-29-19-13-20-30-67)87(107)95-72-33-23-45-91(7,47-43-72)69-37-40-84(114-64(6)104)94(10)71(53-69)55-74(111-61(3)101)57-77(94)60(2)36-42-86(106)98-80(50-66-27-17-12-18-28-66)90(110)100-82(52-68-31-21-14-22-32-68)88(108)96-73-34-24-46-92(8,48-44-73)70-54-75(112-62(4)102)58-93(9)76(59)38-39-83(78(93)56-70)113-63(5)103/h11-22,25-32,59-60,69-84H,23-24,33-58H2,1-10H3,(H,95,107)(H,96,108)(H,97,105)(H,98,106)(H,99,109)(H,100,110)/t59-,60-,69?,70?,71?,72?,73?,74+,75-,76?,77?,78?,79+,80+,81+,82+,83+,84-,91+,92+,93+,94-/m1/s1. The van der Waals surface area contributed by atoms with Gasteiger partial charge in [0.25, 0.3) is 0 Å². The third-order valence-electron chi connectivity index (χ3n) is 28.9. The second kappa shape index (κ2) is 39.0. The molecule has 0 aromatic heterocycles. The molecule has 6 amide bonds. The highest BCUT2D eigenvalue weighted by molar-refractivity contribution is 5.94. The first-order chi connectivity index (χ1) is 54.4. The van der Waals surface area contributed by atoms with Crippen LogP contribution in [-0.2, 0) is 92.6 Å². The van der Waals surface area contributed by atoms with Crippen LogP contribution in [-0.4, -0.2) is 120 Å². The van der Waals surface area contributed by atoms with Gasteiger partial charge in [0.15, 0.2) is 0 Å². The minimum Gasteiger partial charge on any atom is -0.463 e. The van der Waals surface area contributed by atoms with Gasteiger partial charge in [-0.15, -0.1) is 0 Å². The number of carbonyl (C=O) groups is 10. The van der Waals surface area contributed by atoms with Gasteiger partial charge in [0.05, 0.1) is 0 Å². The molecule has 0 spiro atoms. The Morgan fingerprint density at radius 2 is 0.772 bits per heavy atom. The summed E-state index contributed by atoms with van der Waals surface area (Å²) in [5.74, 6) is -4.03. The second-order valence-electron chi connectivity index (χ2n) is 36.8. The van der Waals surface area contributed by atoms with E-state index in [1.807, 2.05) is 121 Å². The summed E-state index contributed by atoms with van der Waals surface area (Å²) in [6, 6.07) is 33.8. The number of fused-ring (bicyclic) bond motifs is 10. The molecule has 12 bridgehead atoms. The van der Waals surface area contributed by atoms with Crippen molar-refractivity contribution in [2.45, 2.75) is 310 Å². The molecule has 11 rings (SSSR count). The molecular weight excluding hydrogens is 1440 g/mol. The van der Waals surface area contributed by atoms with Gasteiger partial charge >= 0.3 is 23.9 Å². The van der Waals surface area contributed by atoms with Crippen LogP contribution in [0.15, 0.2) is 121 Å². The van der Waals surface area contributed by atoms with Crippen LogP contribution < -0.4 is 31.9 Å². The molecule has 1 aliphatic heterocycles. The van der Waals surface area contributed by atoms with E-state index in [9.17, 15) is 28.8 Å². The maximum atomic E-state index is 15.2. The lowest BCUT2D eigenvalue weighted by Gasteiger charge is -2.54. The van der Waals surface area contributed by atoms with Crippen LogP contribution in [0.3, 0.4) is 0 Å². The third kappa shape index (κ3) is 22.4. The molecule has 6 aliphatic carbocycles. The summed E-state index contributed by atoms with van der Waals surface area (Å²) < 4.78 is 25.5. The van der Waals surface area contributed by atoms with Gasteiger partial charge in [-0.3, -0.25) is 47.9 Å². The maximum Gasteiger partial charge on any atom is 0.302 e. The molecule has 6 saturated carbocycles. The summed E-state index contributed by atoms with van der Waals surface area (Å²) in [7, 11) is 0. The van der Waals surface area contributed by atoms with Crippen molar-refractivity contribution in [1.82, 2.24) is 31.9 Å². The van der Waals surface area contributed by atoms with Crippen molar-refractivity contribution in [2.75, 3.05) is 0 Å². The van der Waals surface area contributed by atoms with E-state index < -0.39 is 71.2 Å². The van der Waals surface area contributed by atoms with Crippen molar-refractivity contribution in [3.63, 3.8) is 0 Å². The number of nitrogens with one attached hydrogen (secondary N) is 6. The fourth-order valence-corrected chi connectivity index (χ4v) is 22.6. The summed E-state index contributed by atoms with van der Waals surface area (Å²) in [4.78, 5) is 143. The molecule has 8 unspecified atom stereocenters. The van der Waals surface area contributed by atoms with E-state index in [0.717, 1.165) is 73.6 Å². The summed E-state index contributed by atoms with van der Waals surface area (Å²) in [6.45, 7) is 19.4. The lowest BCUT2D eigenvalue weighted by atomic mass is 9.53. The second-order valence-corrected chi connectivity index (χ2v) is 36.8. The summed E-state index contributed by atoms with van der Waals surface area (Å²) in [6.07, 6.45) is 14.0. The topological polar surface area (TPSA) is 280 Å². The first-order valence-corrected chi connectivity index (χ1v) is 43.1. The van der Waals surface area contributed by atoms with Crippen LogP contribution in [0.2, 0.25) is 0 Å². The van der Waals surface area contributed by atoms with E-state index in [1.165, 1.54) is 27.7 Å². The number of esters is 4. The van der Waals surface area contributed by atoms with Gasteiger partial charge < -0.3 is 50.8 Å². The number of ether oxygens (including phenoxy) is 4. The molecule has 1 saturated heterocycles. The number of rotatable bonds is 12. The van der Waals surface area contributed by atoms with Crippen LogP contribution in [0, 0.1) is 69.0 Å². The van der Waals surface area contributed by atoms with Gasteiger partial charge in [-0.05, 0) is 208 Å². The fourth-order valence-electron chi connectivity index (χ4n) is 22.6. The van der Waals surface area contributed by atoms with E-state index in [4.69, 9.17) is 18.9 Å². The summed E-state index contributed by atoms with van der Waals surface area (Å²) in [5, 5.41) is 19.5. The molecule has 4 aromatic rings. The first kappa shape index (κ1) is 86.4. The van der Waals surface area contributed by atoms with E-state index in [-0.39, 0.29) is 156 Å². The average molecular weight is 1570 g/mol. The predicted molar refractivity (Wildman–Crippen MR) is 437 cm³/mol. The van der Waals surface area contributed by atoms with Crippen molar-refractivity contribution in [2.24, 2.45) is 69.0 Å². The number of hydrogen-bond donors (Lipinski definition) is 6. The normalized spacial score (nSPS) is 35.4. The molecule has 20 nitrogen and oxygen atoms in total. The van der Waals surface area contributed by atoms with E-state index in [0.29, 0.717) is 89.9 Å². The molecular formula is C94H130N6O14. The Morgan fingerprint density at radius 1 is 0.368 bits per heavy atom. The largest absolute Gasteiger partial charge is 0.463 e. The molecule has 114 heavy (non-hydrogen) atoms. The molecule has 22 atom stereocenters. The number of carbonyl (C=O) groups excluding carboxylic acids is 10. The van der Waals surface area contributed by atoms with Crippen molar-refractivity contribution in [3.8, 4) is 0 Å². The molecule has 0 radical (unpaired) electrons. The molecule has 7 fully saturated rings. The van der Waals surface area contributed by atoms with Gasteiger partial charge in [-0.25, -0.2) is 0 Å². The van der Waals surface area contributed by atoms with Crippen molar-refractivity contribution >= 4 is 59.3 Å². The highest BCUT2D eigenvalue weighted by Gasteiger charge is 2.59. The van der Waals surface area contributed by atoms with Crippen molar-refractivity contribution in [1.29, 1.82) is 0 Å². The van der Waals surface area contributed by atoms with Gasteiger partial charge in [0.1, 0.15) is 48.6 Å². The fraction of sp³-hybridized carbons (Fsp3) is 0.638. The maximum absolute atomic E-state index is 15.2. The summed E-state index contributed by atoms with van der Waals surface area (Å²) >= 11 is 0. The van der Waals surface area contributed by atoms with Gasteiger partial charge in [0.2, 0.25) is 35.4 Å². The van der Waals surface area contributed by atoms with Gasteiger partial charge in [-0.2, -0.15) is 0 Å². The third-order valence-corrected chi connectivity index (χ3v) is 28.9. The number of hydrogen-bond acceptors (Lipinski definition) is 14. The lowest BCUT2D eigenvalue weighted by Crippen LogP contribution is -2.56.